The van der Waals surface area contributed by atoms with Gasteiger partial charge < -0.3 is 20.1 Å². The summed E-state index contributed by atoms with van der Waals surface area (Å²) >= 11 is 0. The van der Waals surface area contributed by atoms with E-state index in [4.69, 9.17) is 9.47 Å². The lowest BCUT2D eigenvalue weighted by Gasteiger charge is -2.25. The van der Waals surface area contributed by atoms with E-state index in [-0.39, 0.29) is 23.1 Å². The van der Waals surface area contributed by atoms with Gasteiger partial charge in [0, 0.05) is 31.1 Å². The molecule has 1 unspecified atom stereocenters. The standard InChI is InChI=1S/C30H44N2O4/c1-8-9-10-12-22(29-25(35-6)13-11-14-26(29)36-7)20-28(34)32-24-19-21(16-18-27(33)31-5)15-17-23(24)30(2,3)4/h11,13-15,17,19,22H,8-10,12,16,18,20H2,1-7H3,(H,31,33)(H,32,34). The molecule has 0 bridgehead atoms. The SMILES string of the molecule is CCCCCC(CC(=O)Nc1cc(CCC(=O)NC)ccc1C(C)(C)C)c1c(OC)cccc1OC. The number of methoxy groups -OCH3 is 2. The molecule has 0 fully saturated rings. The number of nitrogens with one attached hydrogen (secondary N) is 2. The van der Waals surface area contributed by atoms with E-state index in [0.29, 0.717) is 19.3 Å². The molecule has 0 heterocycles. The summed E-state index contributed by atoms with van der Waals surface area (Å²) in [7, 11) is 4.95. The molecule has 6 nitrogen and oxygen atoms in total. The quantitative estimate of drug-likeness (QED) is 0.316. The van der Waals surface area contributed by atoms with Crippen LogP contribution in [0.1, 0.15) is 88.8 Å². The van der Waals surface area contributed by atoms with Gasteiger partial charge in [-0.2, -0.15) is 0 Å². The second kappa shape index (κ2) is 13.9. The summed E-state index contributed by atoms with van der Waals surface area (Å²) in [4.78, 5) is 25.2. The fourth-order valence-corrected chi connectivity index (χ4v) is 4.58. The number of ether oxygens (including phenoxy) is 2. The van der Waals surface area contributed by atoms with E-state index in [1.54, 1.807) is 21.3 Å². The molecular formula is C30H44N2O4. The van der Waals surface area contributed by atoms with Crippen LogP contribution in [0.3, 0.4) is 0 Å². The Balaban J connectivity index is 2.34. The Bertz CT molecular complexity index is 988. The lowest BCUT2D eigenvalue weighted by Crippen LogP contribution is -2.21. The van der Waals surface area contributed by atoms with E-state index >= 15 is 0 Å². The molecule has 2 rings (SSSR count). The third-order valence-corrected chi connectivity index (χ3v) is 6.55. The number of rotatable bonds is 13. The van der Waals surface area contributed by atoms with Crippen molar-refractivity contribution in [3.05, 3.63) is 53.1 Å². The van der Waals surface area contributed by atoms with E-state index < -0.39 is 0 Å². The Labute approximate surface area is 217 Å². The normalized spacial score (nSPS) is 12.1. The predicted octanol–water partition coefficient (Wildman–Crippen LogP) is 6.37. The molecule has 0 aliphatic rings. The van der Waals surface area contributed by atoms with Crippen LogP contribution in [0.4, 0.5) is 5.69 Å². The maximum absolute atomic E-state index is 13.5. The van der Waals surface area contributed by atoms with Crippen molar-refractivity contribution in [2.24, 2.45) is 0 Å². The first kappa shape index (κ1) is 29.2. The van der Waals surface area contributed by atoms with Crippen LogP contribution in [0, 0.1) is 0 Å². The lowest BCUT2D eigenvalue weighted by atomic mass is 9.84. The number of anilines is 1. The first-order valence-corrected chi connectivity index (χ1v) is 13.0. The van der Waals surface area contributed by atoms with Crippen molar-refractivity contribution in [1.29, 1.82) is 0 Å². The largest absolute Gasteiger partial charge is 0.496 e. The van der Waals surface area contributed by atoms with E-state index in [0.717, 1.165) is 59.6 Å². The van der Waals surface area contributed by atoms with Crippen molar-refractivity contribution in [1.82, 2.24) is 5.32 Å². The van der Waals surface area contributed by atoms with Crippen LogP contribution in [-0.4, -0.2) is 33.1 Å². The summed E-state index contributed by atoms with van der Waals surface area (Å²) in [6.45, 7) is 8.58. The molecule has 2 aromatic rings. The number of benzene rings is 2. The van der Waals surface area contributed by atoms with Crippen molar-refractivity contribution in [3.8, 4) is 11.5 Å². The summed E-state index contributed by atoms with van der Waals surface area (Å²) in [6, 6.07) is 11.9. The highest BCUT2D eigenvalue weighted by molar-refractivity contribution is 5.92. The highest BCUT2D eigenvalue weighted by atomic mass is 16.5. The number of unbranched alkanes of at least 4 members (excludes halogenated alkanes) is 2. The Kier molecular flexibility index (Phi) is 11.3. The summed E-state index contributed by atoms with van der Waals surface area (Å²) in [5.41, 5.74) is 3.70. The van der Waals surface area contributed by atoms with Gasteiger partial charge in [-0.05, 0) is 53.5 Å². The van der Waals surface area contributed by atoms with E-state index in [9.17, 15) is 9.59 Å². The molecule has 0 aliphatic heterocycles. The van der Waals surface area contributed by atoms with Crippen LogP contribution >= 0.6 is 0 Å². The number of carbonyl (C=O) groups is 2. The number of hydrogen-bond donors (Lipinski definition) is 2. The third-order valence-electron chi connectivity index (χ3n) is 6.55. The molecule has 2 N–H and O–H groups in total. The highest BCUT2D eigenvalue weighted by Crippen LogP contribution is 2.40. The van der Waals surface area contributed by atoms with Crippen LogP contribution in [0.25, 0.3) is 0 Å². The van der Waals surface area contributed by atoms with E-state index in [2.05, 4.69) is 44.4 Å². The molecule has 198 valence electrons. The number of amides is 2. The van der Waals surface area contributed by atoms with Gasteiger partial charge in [0.25, 0.3) is 0 Å². The molecule has 2 aromatic carbocycles. The molecule has 0 aromatic heterocycles. The average molecular weight is 497 g/mol. The molecule has 36 heavy (non-hydrogen) atoms. The monoisotopic (exact) mass is 496 g/mol. The van der Waals surface area contributed by atoms with Crippen molar-refractivity contribution >= 4 is 17.5 Å². The maximum Gasteiger partial charge on any atom is 0.224 e. The van der Waals surface area contributed by atoms with Gasteiger partial charge in [0.15, 0.2) is 0 Å². The van der Waals surface area contributed by atoms with Gasteiger partial charge in [0.05, 0.1) is 14.2 Å². The van der Waals surface area contributed by atoms with E-state index in [1.807, 2.05) is 30.3 Å². The molecule has 0 spiro atoms. The van der Waals surface area contributed by atoms with Gasteiger partial charge in [0.1, 0.15) is 11.5 Å². The second-order valence-corrected chi connectivity index (χ2v) is 10.3. The Morgan fingerprint density at radius 1 is 0.972 bits per heavy atom. The summed E-state index contributed by atoms with van der Waals surface area (Å²) < 4.78 is 11.3. The van der Waals surface area contributed by atoms with E-state index in [1.165, 1.54) is 0 Å². The first-order chi connectivity index (χ1) is 17.1. The molecule has 1 atom stereocenters. The number of aryl methyl sites for hydroxylation is 1. The summed E-state index contributed by atoms with van der Waals surface area (Å²) in [5, 5.41) is 5.87. The molecular weight excluding hydrogens is 452 g/mol. The van der Waals surface area contributed by atoms with Crippen LogP contribution in [0.2, 0.25) is 0 Å². The van der Waals surface area contributed by atoms with Crippen molar-refractivity contribution in [3.63, 3.8) is 0 Å². The Hall–Kier alpha value is -3.02. The molecule has 6 heteroatoms. The van der Waals surface area contributed by atoms with Crippen LogP contribution in [0.5, 0.6) is 11.5 Å². The minimum Gasteiger partial charge on any atom is -0.496 e. The smallest absolute Gasteiger partial charge is 0.224 e. The lowest BCUT2D eigenvalue weighted by molar-refractivity contribution is -0.120. The summed E-state index contributed by atoms with van der Waals surface area (Å²) in [5.74, 6) is 1.42. The van der Waals surface area contributed by atoms with Crippen LogP contribution in [0.15, 0.2) is 36.4 Å². The second-order valence-electron chi connectivity index (χ2n) is 10.3. The highest BCUT2D eigenvalue weighted by Gasteiger charge is 2.25. The Morgan fingerprint density at radius 3 is 2.19 bits per heavy atom. The predicted molar refractivity (Wildman–Crippen MR) is 147 cm³/mol. The molecule has 0 saturated heterocycles. The van der Waals surface area contributed by atoms with Crippen LogP contribution < -0.4 is 20.1 Å². The molecule has 2 amide bonds. The molecule has 0 aliphatic carbocycles. The Morgan fingerprint density at radius 2 is 1.64 bits per heavy atom. The van der Waals surface area contributed by atoms with Crippen molar-refractivity contribution in [2.75, 3.05) is 26.6 Å². The summed E-state index contributed by atoms with van der Waals surface area (Å²) in [6.07, 6.45) is 5.47. The van der Waals surface area contributed by atoms with Gasteiger partial charge >= 0.3 is 0 Å². The van der Waals surface area contributed by atoms with Gasteiger partial charge in [-0.15, -0.1) is 0 Å². The fourth-order valence-electron chi connectivity index (χ4n) is 4.58. The van der Waals surface area contributed by atoms with Gasteiger partial charge in [-0.1, -0.05) is 65.2 Å². The zero-order valence-corrected chi connectivity index (χ0v) is 23.1. The van der Waals surface area contributed by atoms with Gasteiger partial charge in [0.2, 0.25) is 11.8 Å². The number of hydrogen-bond acceptors (Lipinski definition) is 4. The van der Waals surface area contributed by atoms with Gasteiger partial charge in [-0.25, -0.2) is 0 Å². The van der Waals surface area contributed by atoms with Gasteiger partial charge in [-0.3, -0.25) is 9.59 Å². The molecule has 0 radical (unpaired) electrons. The minimum absolute atomic E-state index is 0.00107. The zero-order chi connectivity index (χ0) is 26.7. The topological polar surface area (TPSA) is 76.7 Å². The average Bonchev–Trinajstić information content (AvgIpc) is 2.85. The third kappa shape index (κ3) is 8.28. The van der Waals surface area contributed by atoms with Crippen molar-refractivity contribution in [2.45, 2.75) is 84.0 Å². The fraction of sp³-hybridized carbons (Fsp3) is 0.533. The number of carbonyl (C=O) groups excluding carboxylic acids is 2. The molecule has 0 saturated carbocycles. The minimum atomic E-state index is -0.145. The zero-order valence-electron chi connectivity index (χ0n) is 23.1. The van der Waals surface area contributed by atoms with Crippen molar-refractivity contribution < 1.29 is 19.1 Å². The maximum atomic E-state index is 13.5. The van der Waals surface area contributed by atoms with Crippen LogP contribution in [-0.2, 0) is 21.4 Å². The first-order valence-electron chi connectivity index (χ1n) is 13.0.